The zero-order chi connectivity index (χ0) is 12.3. The molecule has 0 aromatic heterocycles. The Labute approximate surface area is 101 Å². The van der Waals surface area contributed by atoms with Gasteiger partial charge in [0, 0.05) is 18.6 Å². The van der Waals surface area contributed by atoms with Gasteiger partial charge in [0.25, 0.3) is 0 Å². The molecule has 0 amide bonds. The summed E-state index contributed by atoms with van der Waals surface area (Å²) in [6, 6.07) is 6.73. The van der Waals surface area contributed by atoms with Crippen molar-refractivity contribution in [3.8, 4) is 0 Å². The normalized spacial score (nSPS) is 22.9. The molecule has 1 aliphatic heterocycles. The minimum absolute atomic E-state index is 0.00495. The highest BCUT2D eigenvalue weighted by atomic mass is 19.1. The number of aliphatic hydroxyl groups excluding tert-OH is 1. The van der Waals surface area contributed by atoms with E-state index in [-0.39, 0.29) is 24.5 Å². The molecule has 0 aliphatic carbocycles. The van der Waals surface area contributed by atoms with Gasteiger partial charge in [-0.25, -0.2) is 4.39 Å². The first kappa shape index (κ1) is 12.5. The molecule has 17 heavy (non-hydrogen) atoms. The summed E-state index contributed by atoms with van der Waals surface area (Å²) >= 11 is 0. The van der Waals surface area contributed by atoms with E-state index in [9.17, 15) is 9.50 Å². The topological polar surface area (TPSA) is 49.5 Å². The van der Waals surface area contributed by atoms with E-state index in [1.54, 1.807) is 6.07 Å². The molecule has 1 aliphatic rings. The van der Waals surface area contributed by atoms with Crippen molar-refractivity contribution < 1.29 is 9.50 Å². The maximum atomic E-state index is 13.2. The fraction of sp³-hybridized carbons (Fsp3) is 0.538. The van der Waals surface area contributed by atoms with Crippen LogP contribution in [0.5, 0.6) is 0 Å². The second-order valence-electron chi connectivity index (χ2n) is 4.52. The largest absolute Gasteiger partial charge is 0.395 e. The average molecular weight is 238 g/mol. The molecule has 0 saturated carbocycles. The van der Waals surface area contributed by atoms with E-state index in [2.05, 4.69) is 4.90 Å². The Morgan fingerprint density at radius 3 is 3.00 bits per heavy atom. The third-order valence-electron chi connectivity index (χ3n) is 3.49. The molecule has 1 fully saturated rings. The molecule has 4 heteroatoms. The number of nitrogens with two attached hydrogens (primary N) is 1. The van der Waals surface area contributed by atoms with Gasteiger partial charge in [0.05, 0.1) is 6.61 Å². The molecule has 0 bridgehead atoms. The zero-order valence-electron chi connectivity index (χ0n) is 9.85. The van der Waals surface area contributed by atoms with Crippen LogP contribution in [0, 0.1) is 5.82 Å². The highest BCUT2D eigenvalue weighted by Gasteiger charge is 2.30. The number of aliphatic hydroxyl groups is 1. The molecule has 1 aromatic carbocycles. The summed E-state index contributed by atoms with van der Waals surface area (Å²) in [7, 11) is 0. The van der Waals surface area contributed by atoms with Gasteiger partial charge in [-0.15, -0.1) is 0 Å². The lowest BCUT2D eigenvalue weighted by molar-refractivity contribution is 0.121. The number of nitrogens with zero attached hydrogens (tertiary/aromatic N) is 1. The first-order chi connectivity index (χ1) is 8.26. The second-order valence-corrected chi connectivity index (χ2v) is 4.52. The van der Waals surface area contributed by atoms with Gasteiger partial charge in [-0.05, 0) is 37.1 Å². The van der Waals surface area contributed by atoms with Crippen molar-refractivity contribution in [1.82, 2.24) is 4.90 Å². The fourth-order valence-corrected chi connectivity index (χ4v) is 2.64. The van der Waals surface area contributed by atoms with Crippen LogP contribution >= 0.6 is 0 Å². The zero-order valence-corrected chi connectivity index (χ0v) is 9.85. The van der Waals surface area contributed by atoms with Gasteiger partial charge in [-0.3, -0.25) is 4.90 Å². The van der Waals surface area contributed by atoms with Crippen molar-refractivity contribution in [3.05, 3.63) is 35.6 Å². The van der Waals surface area contributed by atoms with Crippen LogP contribution < -0.4 is 5.73 Å². The molecule has 0 spiro atoms. The lowest BCUT2D eigenvalue weighted by Gasteiger charge is -2.31. The molecule has 2 rings (SSSR count). The van der Waals surface area contributed by atoms with Crippen molar-refractivity contribution in [1.29, 1.82) is 0 Å². The van der Waals surface area contributed by atoms with Crippen LogP contribution in [0.4, 0.5) is 4.39 Å². The Kier molecular flexibility index (Phi) is 4.10. The minimum Gasteiger partial charge on any atom is -0.395 e. The number of halogens is 1. The summed E-state index contributed by atoms with van der Waals surface area (Å²) in [4.78, 5) is 2.19. The molecule has 3 N–H and O–H groups in total. The number of rotatable bonds is 4. The van der Waals surface area contributed by atoms with Gasteiger partial charge in [0.15, 0.2) is 0 Å². The van der Waals surface area contributed by atoms with Crippen LogP contribution in [-0.4, -0.2) is 35.7 Å². The molecule has 3 nitrogen and oxygen atoms in total. The summed E-state index contributed by atoms with van der Waals surface area (Å²) < 4.78 is 13.2. The van der Waals surface area contributed by atoms with Crippen LogP contribution in [0.25, 0.3) is 0 Å². The highest BCUT2D eigenvalue weighted by molar-refractivity contribution is 5.21. The third kappa shape index (κ3) is 2.65. The predicted molar refractivity (Wildman–Crippen MR) is 65.0 cm³/mol. The molecule has 0 radical (unpaired) electrons. The summed E-state index contributed by atoms with van der Waals surface area (Å²) in [5.74, 6) is -0.235. The van der Waals surface area contributed by atoms with Crippen LogP contribution in [-0.2, 0) is 0 Å². The Bertz CT molecular complexity index is 372. The monoisotopic (exact) mass is 238 g/mol. The third-order valence-corrected chi connectivity index (χ3v) is 3.49. The molecule has 2 atom stereocenters. The highest BCUT2D eigenvalue weighted by Crippen LogP contribution is 2.28. The van der Waals surface area contributed by atoms with E-state index in [1.807, 2.05) is 6.07 Å². The van der Waals surface area contributed by atoms with Crippen molar-refractivity contribution in [2.45, 2.75) is 24.9 Å². The van der Waals surface area contributed by atoms with Crippen molar-refractivity contribution in [2.75, 3.05) is 19.7 Å². The quantitative estimate of drug-likeness (QED) is 0.831. The first-order valence-electron chi connectivity index (χ1n) is 6.08. The second kappa shape index (κ2) is 5.58. The van der Waals surface area contributed by atoms with Crippen LogP contribution in [0.2, 0.25) is 0 Å². The standard InChI is InChI=1S/C13H19FN2O/c14-11-4-1-3-10(7-11)13(8-15)16-6-2-5-12(16)9-17/h1,3-4,7,12-13,17H,2,5-6,8-9,15H2. The molecule has 2 unspecified atom stereocenters. The molecular weight excluding hydrogens is 219 g/mol. The van der Waals surface area contributed by atoms with E-state index >= 15 is 0 Å². The maximum absolute atomic E-state index is 13.2. The molecule has 1 saturated heterocycles. The van der Waals surface area contributed by atoms with Crippen LogP contribution in [0.15, 0.2) is 24.3 Å². The SMILES string of the molecule is NCC(c1cccc(F)c1)N1CCCC1CO. The van der Waals surface area contributed by atoms with Crippen molar-refractivity contribution in [2.24, 2.45) is 5.73 Å². The summed E-state index contributed by atoms with van der Waals surface area (Å²) in [6.45, 7) is 1.51. The van der Waals surface area contributed by atoms with Gasteiger partial charge in [-0.2, -0.15) is 0 Å². The lowest BCUT2D eigenvalue weighted by atomic mass is 10.0. The van der Waals surface area contributed by atoms with Gasteiger partial charge in [0.1, 0.15) is 5.82 Å². The summed E-state index contributed by atoms with van der Waals surface area (Å²) in [5.41, 5.74) is 6.70. The maximum Gasteiger partial charge on any atom is 0.123 e. The molecule has 1 aromatic rings. The number of likely N-dealkylation sites (tertiary alicyclic amines) is 1. The summed E-state index contributed by atoms with van der Waals surface area (Å²) in [5, 5.41) is 9.33. The minimum atomic E-state index is -0.235. The van der Waals surface area contributed by atoms with Crippen LogP contribution in [0.1, 0.15) is 24.4 Å². The molecule has 94 valence electrons. The Hall–Kier alpha value is -0.970. The van der Waals surface area contributed by atoms with E-state index in [4.69, 9.17) is 5.73 Å². The van der Waals surface area contributed by atoms with Gasteiger partial charge in [-0.1, -0.05) is 12.1 Å². The Morgan fingerprint density at radius 1 is 1.53 bits per heavy atom. The summed E-state index contributed by atoms with van der Waals surface area (Å²) in [6.07, 6.45) is 2.05. The Morgan fingerprint density at radius 2 is 2.35 bits per heavy atom. The number of hydrogen-bond acceptors (Lipinski definition) is 3. The van der Waals surface area contributed by atoms with E-state index in [0.717, 1.165) is 24.9 Å². The predicted octanol–water partition coefficient (Wildman–Crippen LogP) is 1.28. The van der Waals surface area contributed by atoms with Crippen molar-refractivity contribution in [3.63, 3.8) is 0 Å². The first-order valence-corrected chi connectivity index (χ1v) is 6.08. The smallest absolute Gasteiger partial charge is 0.123 e. The Balaban J connectivity index is 2.21. The van der Waals surface area contributed by atoms with E-state index in [1.165, 1.54) is 12.1 Å². The number of hydrogen-bond donors (Lipinski definition) is 2. The van der Waals surface area contributed by atoms with Gasteiger partial charge < -0.3 is 10.8 Å². The fourth-order valence-electron chi connectivity index (χ4n) is 2.64. The van der Waals surface area contributed by atoms with Gasteiger partial charge in [0.2, 0.25) is 0 Å². The lowest BCUT2D eigenvalue weighted by Crippen LogP contribution is -2.39. The van der Waals surface area contributed by atoms with E-state index in [0.29, 0.717) is 6.54 Å². The number of benzene rings is 1. The van der Waals surface area contributed by atoms with Crippen LogP contribution in [0.3, 0.4) is 0 Å². The van der Waals surface area contributed by atoms with Gasteiger partial charge >= 0.3 is 0 Å². The molecule has 1 heterocycles. The van der Waals surface area contributed by atoms with Crippen molar-refractivity contribution >= 4 is 0 Å². The van der Waals surface area contributed by atoms with E-state index < -0.39 is 0 Å². The molecular formula is C13H19FN2O. The average Bonchev–Trinajstić information content (AvgIpc) is 2.78.